The smallest absolute Gasteiger partial charge is 0.0207 e. The lowest BCUT2D eigenvalue weighted by atomic mass is 9.88. The van der Waals surface area contributed by atoms with Crippen LogP contribution in [0.5, 0.6) is 0 Å². The second kappa shape index (κ2) is 3.14. The lowest BCUT2D eigenvalue weighted by molar-refractivity contribution is 0.292. The zero-order valence-electron chi connectivity index (χ0n) is 7.11. The molecule has 1 heterocycles. The van der Waals surface area contributed by atoms with Gasteiger partial charge in [-0.15, -0.1) is 0 Å². The standard InChI is InChI=1S/C8H17NS/c1-8(2,3)7-6-10-5-4-9-7/h7,9H,4-6H2,1-3H3. The first-order valence-corrected chi connectivity index (χ1v) is 5.07. The van der Waals surface area contributed by atoms with Crippen LogP contribution in [0.15, 0.2) is 0 Å². The lowest BCUT2D eigenvalue weighted by Crippen LogP contribution is -2.46. The van der Waals surface area contributed by atoms with Crippen LogP contribution in [0.1, 0.15) is 20.8 Å². The number of hydrogen-bond donors (Lipinski definition) is 1. The van der Waals surface area contributed by atoms with Gasteiger partial charge in [-0.2, -0.15) is 11.8 Å². The van der Waals surface area contributed by atoms with Crippen molar-refractivity contribution in [3.63, 3.8) is 0 Å². The van der Waals surface area contributed by atoms with Gasteiger partial charge in [-0.05, 0) is 5.41 Å². The third-order valence-corrected chi connectivity index (χ3v) is 3.03. The highest BCUT2D eigenvalue weighted by atomic mass is 32.2. The number of hydrogen-bond acceptors (Lipinski definition) is 2. The summed E-state index contributed by atoms with van der Waals surface area (Å²) >= 11 is 2.07. The zero-order chi connectivity index (χ0) is 7.61. The molecule has 1 aliphatic heterocycles. The van der Waals surface area contributed by atoms with E-state index in [-0.39, 0.29) is 0 Å². The van der Waals surface area contributed by atoms with E-state index >= 15 is 0 Å². The molecular formula is C8H17NS. The average molecular weight is 159 g/mol. The Hall–Kier alpha value is 0.310. The van der Waals surface area contributed by atoms with Crippen molar-refractivity contribution in [2.45, 2.75) is 26.8 Å². The van der Waals surface area contributed by atoms with Crippen molar-refractivity contribution in [3.8, 4) is 0 Å². The van der Waals surface area contributed by atoms with E-state index < -0.39 is 0 Å². The van der Waals surface area contributed by atoms with Gasteiger partial charge in [0.2, 0.25) is 0 Å². The fraction of sp³-hybridized carbons (Fsp3) is 1.00. The van der Waals surface area contributed by atoms with E-state index in [4.69, 9.17) is 0 Å². The molecule has 0 aromatic carbocycles. The van der Waals surface area contributed by atoms with Crippen LogP contribution >= 0.6 is 11.8 Å². The molecule has 1 rings (SSSR count). The first-order chi connectivity index (χ1) is 4.61. The van der Waals surface area contributed by atoms with Crippen molar-refractivity contribution in [2.75, 3.05) is 18.1 Å². The predicted octanol–water partition coefficient (Wildman–Crippen LogP) is 1.74. The van der Waals surface area contributed by atoms with Crippen LogP contribution < -0.4 is 5.32 Å². The third kappa shape index (κ3) is 2.17. The van der Waals surface area contributed by atoms with Crippen molar-refractivity contribution >= 4 is 11.8 Å². The molecule has 0 spiro atoms. The van der Waals surface area contributed by atoms with Crippen molar-refractivity contribution in [1.82, 2.24) is 5.32 Å². The second-order valence-corrected chi connectivity index (χ2v) is 5.10. The maximum Gasteiger partial charge on any atom is 0.0207 e. The van der Waals surface area contributed by atoms with Crippen LogP contribution in [0.25, 0.3) is 0 Å². The zero-order valence-corrected chi connectivity index (χ0v) is 7.92. The fourth-order valence-electron chi connectivity index (χ4n) is 1.12. The molecule has 0 aliphatic carbocycles. The number of thioether (sulfide) groups is 1. The monoisotopic (exact) mass is 159 g/mol. The minimum Gasteiger partial charge on any atom is -0.312 e. The van der Waals surface area contributed by atoms with Crippen molar-refractivity contribution in [1.29, 1.82) is 0 Å². The normalized spacial score (nSPS) is 28.5. The molecule has 0 radical (unpaired) electrons. The average Bonchev–Trinajstić information content (AvgIpc) is 1.88. The van der Waals surface area contributed by atoms with Gasteiger partial charge in [-0.3, -0.25) is 0 Å². The van der Waals surface area contributed by atoms with Crippen molar-refractivity contribution in [3.05, 3.63) is 0 Å². The van der Waals surface area contributed by atoms with Gasteiger partial charge in [0.05, 0.1) is 0 Å². The Kier molecular flexibility index (Phi) is 2.64. The summed E-state index contributed by atoms with van der Waals surface area (Å²) in [4.78, 5) is 0. The van der Waals surface area contributed by atoms with E-state index in [1.165, 1.54) is 18.1 Å². The third-order valence-electron chi connectivity index (χ3n) is 1.97. The number of rotatable bonds is 0. The Morgan fingerprint density at radius 1 is 1.40 bits per heavy atom. The van der Waals surface area contributed by atoms with Gasteiger partial charge in [0.1, 0.15) is 0 Å². The molecule has 1 N–H and O–H groups in total. The molecule has 10 heavy (non-hydrogen) atoms. The molecule has 1 atom stereocenters. The largest absolute Gasteiger partial charge is 0.312 e. The van der Waals surface area contributed by atoms with Gasteiger partial charge in [0, 0.05) is 24.1 Å². The molecule has 60 valence electrons. The summed E-state index contributed by atoms with van der Waals surface area (Å²) in [5.41, 5.74) is 0.438. The first-order valence-electron chi connectivity index (χ1n) is 3.92. The van der Waals surface area contributed by atoms with Gasteiger partial charge in [0.15, 0.2) is 0 Å². The van der Waals surface area contributed by atoms with Crippen LogP contribution in [0.3, 0.4) is 0 Å². The van der Waals surface area contributed by atoms with Crippen LogP contribution in [0, 0.1) is 5.41 Å². The molecular weight excluding hydrogens is 142 g/mol. The Morgan fingerprint density at radius 2 is 2.10 bits per heavy atom. The predicted molar refractivity (Wildman–Crippen MR) is 48.6 cm³/mol. The molecule has 1 saturated heterocycles. The highest BCUT2D eigenvalue weighted by molar-refractivity contribution is 7.99. The summed E-state index contributed by atoms with van der Waals surface area (Å²) in [6.07, 6.45) is 0. The second-order valence-electron chi connectivity index (χ2n) is 3.95. The molecule has 0 saturated carbocycles. The minimum absolute atomic E-state index is 0.438. The molecule has 1 unspecified atom stereocenters. The summed E-state index contributed by atoms with van der Waals surface area (Å²) in [5.74, 6) is 2.57. The van der Waals surface area contributed by atoms with Gasteiger partial charge < -0.3 is 5.32 Å². The molecule has 0 bridgehead atoms. The minimum atomic E-state index is 0.438. The quantitative estimate of drug-likeness (QED) is 0.578. The summed E-state index contributed by atoms with van der Waals surface area (Å²) < 4.78 is 0. The molecule has 0 aromatic heterocycles. The van der Waals surface area contributed by atoms with Gasteiger partial charge >= 0.3 is 0 Å². The van der Waals surface area contributed by atoms with Crippen LogP contribution in [-0.2, 0) is 0 Å². The topological polar surface area (TPSA) is 12.0 Å². The highest BCUT2D eigenvalue weighted by Gasteiger charge is 2.25. The molecule has 0 amide bonds. The van der Waals surface area contributed by atoms with E-state index in [0.717, 1.165) is 0 Å². The summed E-state index contributed by atoms with van der Waals surface area (Å²) in [7, 11) is 0. The van der Waals surface area contributed by atoms with Crippen LogP contribution in [0.2, 0.25) is 0 Å². The van der Waals surface area contributed by atoms with E-state index in [2.05, 4.69) is 37.8 Å². The van der Waals surface area contributed by atoms with Crippen LogP contribution in [-0.4, -0.2) is 24.1 Å². The summed E-state index contributed by atoms with van der Waals surface area (Å²) in [5, 5.41) is 3.54. The SMILES string of the molecule is CC(C)(C)C1CSCCN1. The van der Waals surface area contributed by atoms with Crippen LogP contribution in [0.4, 0.5) is 0 Å². The maximum atomic E-state index is 3.54. The lowest BCUT2D eigenvalue weighted by Gasteiger charge is -2.34. The Balaban J connectivity index is 2.39. The molecule has 0 aromatic rings. The Labute approximate surface area is 68.0 Å². The fourth-order valence-corrected chi connectivity index (χ4v) is 2.40. The van der Waals surface area contributed by atoms with Gasteiger partial charge in [-0.25, -0.2) is 0 Å². The van der Waals surface area contributed by atoms with Gasteiger partial charge in [-0.1, -0.05) is 20.8 Å². The molecule has 1 nitrogen and oxygen atoms in total. The van der Waals surface area contributed by atoms with Crippen molar-refractivity contribution < 1.29 is 0 Å². The highest BCUT2D eigenvalue weighted by Crippen LogP contribution is 2.24. The number of nitrogens with one attached hydrogen (secondary N) is 1. The maximum absolute atomic E-state index is 3.54. The van der Waals surface area contributed by atoms with E-state index in [9.17, 15) is 0 Å². The van der Waals surface area contributed by atoms with E-state index in [0.29, 0.717) is 11.5 Å². The summed E-state index contributed by atoms with van der Waals surface area (Å²) in [6, 6.07) is 0.714. The van der Waals surface area contributed by atoms with E-state index in [1.54, 1.807) is 0 Å². The van der Waals surface area contributed by atoms with Gasteiger partial charge in [0.25, 0.3) is 0 Å². The van der Waals surface area contributed by atoms with E-state index in [1.807, 2.05) is 0 Å². The first kappa shape index (κ1) is 8.41. The molecule has 2 heteroatoms. The Morgan fingerprint density at radius 3 is 2.40 bits per heavy atom. The summed E-state index contributed by atoms with van der Waals surface area (Å²) in [6.45, 7) is 8.09. The molecule has 1 fully saturated rings. The van der Waals surface area contributed by atoms with Crippen molar-refractivity contribution in [2.24, 2.45) is 5.41 Å². The molecule has 1 aliphatic rings. The Bertz CT molecular complexity index is 100.